The fourth-order valence-corrected chi connectivity index (χ4v) is 3.16. The number of thioether (sulfide) groups is 1. The van der Waals surface area contributed by atoms with Crippen molar-refractivity contribution in [1.29, 1.82) is 0 Å². The first-order valence-electron chi connectivity index (χ1n) is 7.09. The minimum atomic E-state index is -4.51. The number of nitrogens with two attached hydrogens (primary N) is 1. The minimum Gasteiger partial charge on any atom is -0.397 e. The Hall–Kier alpha value is -2.29. The van der Waals surface area contributed by atoms with Crippen LogP contribution in [0.1, 0.15) is 12.6 Å². The van der Waals surface area contributed by atoms with Gasteiger partial charge in [-0.1, -0.05) is 6.92 Å². The van der Waals surface area contributed by atoms with Gasteiger partial charge in [0.05, 0.1) is 29.1 Å². The summed E-state index contributed by atoms with van der Waals surface area (Å²) >= 11 is 1.55. The summed E-state index contributed by atoms with van der Waals surface area (Å²) in [6, 6.07) is 2.73. The van der Waals surface area contributed by atoms with Crippen molar-refractivity contribution in [2.45, 2.75) is 18.0 Å². The van der Waals surface area contributed by atoms with Crippen molar-refractivity contribution in [1.82, 2.24) is 19.5 Å². The fraction of sp³-hybridized carbons (Fsp3) is 0.267. The number of aromatic nitrogens is 4. The molecule has 0 aliphatic heterocycles. The maximum Gasteiger partial charge on any atom is 0.433 e. The smallest absolute Gasteiger partial charge is 0.397 e. The monoisotopic (exact) mass is 353 g/mol. The summed E-state index contributed by atoms with van der Waals surface area (Å²) in [6.07, 6.45) is -1.82. The highest BCUT2D eigenvalue weighted by Gasteiger charge is 2.33. The predicted molar refractivity (Wildman–Crippen MR) is 87.6 cm³/mol. The molecular formula is C15H14F3N5S. The molecule has 2 N–H and O–H groups in total. The van der Waals surface area contributed by atoms with Crippen LogP contribution in [0.25, 0.3) is 22.6 Å². The number of fused-ring (bicyclic) bond motifs is 1. The number of halogens is 3. The number of nitrogen functional groups attached to an aromatic ring is 1. The van der Waals surface area contributed by atoms with Crippen LogP contribution in [-0.2, 0) is 13.2 Å². The quantitative estimate of drug-likeness (QED) is 0.727. The molecule has 3 rings (SSSR count). The zero-order valence-corrected chi connectivity index (χ0v) is 13.7. The number of anilines is 1. The Morgan fingerprint density at radius 3 is 2.62 bits per heavy atom. The maximum atomic E-state index is 12.8. The van der Waals surface area contributed by atoms with Gasteiger partial charge in [0.2, 0.25) is 0 Å². The zero-order valence-electron chi connectivity index (χ0n) is 12.9. The molecule has 3 aromatic rings. The molecule has 0 aliphatic carbocycles. The third-order valence-electron chi connectivity index (χ3n) is 3.44. The van der Waals surface area contributed by atoms with Crippen LogP contribution >= 0.6 is 11.8 Å². The Labute approximate surface area is 140 Å². The summed E-state index contributed by atoms with van der Waals surface area (Å²) in [5.41, 5.74) is 6.65. The molecule has 126 valence electrons. The van der Waals surface area contributed by atoms with E-state index in [-0.39, 0.29) is 5.52 Å². The van der Waals surface area contributed by atoms with Gasteiger partial charge in [0.15, 0.2) is 5.82 Å². The Morgan fingerprint density at radius 2 is 1.96 bits per heavy atom. The van der Waals surface area contributed by atoms with E-state index in [0.29, 0.717) is 22.7 Å². The second-order valence-corrected chi connectivity index (χ2v) is 6.40. The average molecular weight is 353 g/mol. The van der Waals surface area contributed by atoms with E-state index in [1.54, 1.807) is 29.4 Å². The van der Waals surface area contributed by atoms with Crippen molar-refractivity contribution in [2.24, 2.45) is 7.05 Å². The molecule has 0 amide bonds. The molecule has 3 heterocycles. The Morgan fingerprint density at radius 1 is 1.21 bits per heavy atom. The summed E-state index contributed by atoms with van der Waals surface area (Å²) < 4.78 is 40.2. The van der Waals surface area contributed by atoms with Gasteiger partial charge in [-0.25, -0.2) is 15.0 Å². The van der Waals surface area contributed by atoms with E-state index in [0.717, 1.165) is 16.7 Å². The maximum absolute atomic E-state index is 12.8. The number of hydrogen-bond donors (Lipinski definition) is 1. The van der Waals surface area contributed by atoms with Crippen molar-refractivity contribution in [3.63, 3.8) is 0 Å². The summed E-state index contributed by atoms with van der Waals surface area (Å²) in [6.45, 7) is 1.99. The second-order valence-electron chi connectivity index (χ2n) is 5.10. The lowest BCUT2D eigenvalue weighted by atomic mass is 10.3. The van der Waals surface area contributed by atoms with Crippen LogP contribution in [0.5, 0.6) is 0 Å². The van der Waals surface area contributed by atoms with Crippen LogP contribution in [0.2, 0.25) is 0 Å². The van der Waals surface area contributed by atoms with Gasteiger partial charge in [-0.2, -0.15) is 13.2 Å². The minimum absolute atomic E-state index is 0.223. The summed E-state index contributed by atoms with van der Waals surface area (Å²) in [5, 5.41) is 0. The van der Waals surface area contributed by atoms with Gasteiger partial charge in [0, 0.05) is 11.9 Å². The molecule has 0 spiro atoms. The number of nitrogens with zero attached hydrogens (tertiary/aromatic N) is 4. The standard InChI is InChI=1S/C15H14F3N5S/c1-3-24-11-4-8(19)6-21-13(11)14-22-9-5-12(15(16,17)18)20-7-10(9)23(14)2/h4-7H,3,19H2,1-2H3. The van der Waals surface area contributed by atoms with Crippen LogP contribution in [0.3, 0.4) is 0 Å². The predicted octanol–water partition coefficient (Wildman–Crippen LogP) is 3.74. The number of alkyl halides is 3. The van der Waals surface area contributed by atoms with Crippen LogP contribution in [-0.4, -0.2) is 25.3 Å². The third-order valence-corrected chi connectivity index (χ3v) is 4.35. The normalized spacial score (nSPS) is 12.0. The van der Waals surface area contributed by atoms with Crippen molar-refractivity contribution in [3.8, 4) is 11.5 Å². The molecule has 9 heteroatoms. The molecule has 0 unspecified atom stereocenters. The SMILES string of the molecule is CCSc1cc(N)cnc1-c1nc2cc(C(F)(F)F)ncc2n1C. The van der Waals surface area contributed by atoms with Gasteiger partial charge in [0.25, 0.3) is 0 Å². The Bertz CT molecular complexity index is 904. The molecule has 0 atom stereocenters. The lowest BCUT2D eigenvalue weighted by Gasteiger charge is -2.08. The summed E-state index contributed by atoms with van der Waals surface area (Å²) in [4.78, 5) is 13.0. The third kappa shape index (κ3) is 2.91. The van der Waals surface area contributed by atoms with E-state index < -0.39 is 11.9 Å². The molecule has 0 saturated carbocycles. The summed E-state index contributed by atoms with van der Waals surface area (Å²) in [5.74, 6) is 1.28. The lowest BCUT2D eigenvalue weighted by molar-refractivity contribution is -0.141. The van der Waals surface area contributed by atoms with Crippen LogP contribution in [0.4, 0.5) is 18.9 Å². The van der Waals surface area contributed by atoms with Gasteiger partial charge in [0.1, 0.15) is 11.4 Å². The highest BCUT2D eigenvalue weighted by molar-refractivity contribution is 7.99. The number of aryl methyl sites for hydroxylation is 1. The number of hydrogen-bond acceptors (Lipinski definition) is 5. The molecule has 24 heavy (non-hydrogen) atoms. The van der Waals surface area contributed by atoms with Crippen LogP contribution in [0, 0.1) is 0 Å². The first-order valence-corrected chi connectivity index (χ1v) is 8.08. The van der Waals surface area contributed by atoms with Gasteiger partial charge in [-0.3, -0.25) is 0 Å². The number of pyridine rings is 2. The molecule has 0 saturated heterocycles. The topological polar surface area (TPSA) is 69.6 Å². The van der Waals surface area contributed by atoms with Crippen molar-refractivity contribution >= 4 is 28.5 Å². The van der Waals surface area contributed by atoms with Crippen molar-refractivity contribution in [3.05, 3.63) is 30.2 Å². The molecule has 0 radical (unpaired) electrons. The van der Waals surface area contributed by atoms with E-state index in [1.807, 2.05) is 6.92 Å². The highest BCUT2D eigenvalue weighted by Crippen LogP contribution is 2.34. The lowest BCUT2D eigenvalue weighted by Crippen LogP contribution is -2.07. The molecule has 0 bridgehead atoms. The van der Waals surface area contributed by atoms with Gasteiger partial charge < -0.3 is 10.3 Å². The highest BCUT2D eigenvalue weighted by atomic mass is 32.2. The number of imidazole rings is 1. The summed E-state index contributed by atoms with van der Waals surface area (Å²) in [7, 11) is 1.72. The fourth-order valence-electron chi connectivity index (χ4n) is 2.35. The average Bonchev–Trinajstić information content (AvgIpc) is 2.83. The van der Waals surface area contributed by atoms with Gasteiger partial charge >= 0.3 is 6.18 Å². The van der Waals surface area contributed by atoms with Crippen molar-refractivity contribution < 1.29 is 13.2 Å². The van der Waals surface area contributed by atoms with Gasteiger partial charge in [-0.05, 0) is 17.9 Å². The van der Waals surface area contributed by atoms with Crippen molar-refractivity contribution in [2.75, 3.05) is 11.5 Å². The number of rotatable bonds is 3. The second kappa shape index (κ2) is 5.97. The molecule has 5 nitrogen and oxygen atoms in total. The zero-order chi connectivity index (χ0) is 17.5. The molecule has 0 fully saturated rings. The molecule has 0 aliphatic rings. The van der Waals surface area contributed by atoms with Crippen LogP contribution in [0.15, 0.2) is 29.4 Å². The first-order chi connectivity index (χ1) is 11.3. The molecular weight excluding hydrogens is 339 g/mol. The largest absolute Gasteiger partial charge is 0.433 e. The Kier molecular flexibility index (Phi) is 4.12. The first kappa shape index (κ1) is 16.6. The van der Waals surface area contributed by atoms with Crippen LogP contribution < -0.4 is 5.73 Å². The molecule has 3 aromatic heterocycles. The van der Waals surface area contributed by atoms with Gasteiger partial charge in [-0.15, -0.1) is 11.8 Å². The van der Waals surface area contributed by atoms with E-state index in [2.05, 4.69) is 15.0 Å². The van der Waals surface area contributed by atoms with E-state index in [9.17, 15) is 13.2 Å². The van der Waals surface area contributed by atoms with E-state index >= 15 is 0 Å². The van der Waals surface area contributed by atoms with E-state index in [4.69, 9.17) is 5.73 Å². The van der Waals surface area contributed by atoms with E-state index in [1.165, 1.54) is 12.4 Å². The molecule has 0 aromatic carbocycles. The Balaban J connectivity index is 2.19.